The monoisotopic (exact) mass is 387 g/mol. The molecule has 0 aliphatic heterocycles. The molecule has 0 heterocycles. The summed E-state index contributed by atoms with van der Waals surface area (Å²) in [6.07, 6.45) is 0. The van der Waals surface area contributed by atoms with E-state index in [1.165, 1.54) is 12.1 Å². The molecule has 23 heavy (non-hydrogen) atoms. The third-order valence-corrected chi connectivity index (χ3v) is 3.38. The minimum Gasteiger partial charge on any atom is -0.465 e. The van der Waals surface area contributed by atoms with Gasteiger partial charge in [0.05, 0.1) is 23.9 Å². The minimum absolute atomic E-state index is 0.345. The standard InChI is InChI=1S/C15H9BrF3NO3/c1-23-15(22)9-5-13(12(19)6-11(9)18)20-14(21)8-4-7(16)2-3-10(8)17/h2-6H,1H3,(H,20,21). The molecule has 0 atom stereocenters. The number of ether oxygens (including phenoxy) is 1. The van der Waals surface area contributed by atoms with Gasteiger partial charge in [0.2, 0.25) is 0 Å². The zero-order valence-electron chi connectivity index (χ0n) is 11.6. The second-order valence-corrected chi connectivity index (χ2v) is 5.30. The van der Waals surface area contributed by atoms with Crippen molar-refractivity contribution in [2.75, 3.05) is 12.4 Å². The summed E-state index contributed by atoms with van der Waals surface area (Å²) in [4.78, 5) is 23.4. The number of rotatable bonds is 3. The van der Waals surface area contributed by atoms with E-state index in [2.05, 4.69) is 26.0 Å². The predicted octanol–water partition coefficient (Wildman–Crippen LogP) is 3.91. The molecule has 4 nitrogen and oxygen atoms in total. The van der Waals surface area contributed by atoms with Gasteiger partial charge in [-0.1, -0.05) is 15.9 Å². The molecule has 0 fully saturated rings. The van der Waals surface area contributed by atoms with Crippen molar-refractivity contribution in [1.82, 2.24) is 0 Å². The molecule has 120 valence electrons. The molecule has 0 aliphatic carbocycles. The van der Waals surface area contributed by atoms with Crippen molar-refractivity contribution in [3.05, 3.63) is 63.4 Å². The Morgan fingerprint density at radius 3 is 2.35 bits per heavy atom. The molecule has 2 rings (SSSR count). The number of benzene rings is 2. The number of esters is 1. The molecule has 8 heteroatoms. The summed E-state index contributed by atoms with van der Waals surface area (Å²) in [6, 6.07) is 4.86. The van der Waals surface area contributed by atoms with Gasteiger partial charge in [0, 0.05) is 10.5 Å². The van der Waals surface area contributed by atoms with Crippen LogP contribution >= 0.6 is 15.9 Å². The Kier molecular flexibility index (Phi) is 5.05. The van der Waals surface area contributed by atoms with E-state index in [4.69, 9.17) is 0 Å². The van der Waals surface area contributed by atoms with E-state index < -0.39 is 40.6 Å². The number of anilines is 1. The van der Waals surface area contributed by atoms with Gasteiger partial charge in [0.1, 0.15) is 17.5 Å². The van der Waals surface area contributed by atoms with Crippen LogP contribution in [0.2, 0.25) is 0 Å². The lowest BCUT2D eigenvalue weighted by atomic mass is 10.1. The molecule has 0 saturated carbocycles. The maximum Gasteiger partial charge on any atom is 0.340 e. The van der Waals surface area contributed by atoms with Gasteiger partial charge < -0.3 is 10.1 Å². The molecular weight excluding hydrogens is 379 g/mol. The number of methoxy groups -OCH3 is 1. The first kappa shape index (κ1) is 17.0. The molecule has 0 aromatic heterocycles. The van der Waals surface area contributed by atoms with Crippen molar-refractivity contribution in [1.29, 1.82) is 0 Å². The molecular formula is C15H9BrF3NO3. The Morgan fingerprint density at radius 2 is 1.70 bits per heavy atom. The van der Waals surface area contributed by atoms with Crippen molar-refractivity contribution >= 4 is 33.5 Å². The van der Waals surface area contributed by atoms with Crippen LogP contribution in [0.15, 0.2) is 34.8 Å². The third-order valence-electron chi connectivity index (χ3n) is 2.88. The highest BCUT2D eigenvalue weighted by Crippen LogP contribution is 2.22. The van der Waals surface area contributed by atoms with E-state index in [-0.39, 0.29) is 5.56 Å². The highest BCUT2D eigenvalue weighted by atomic mass is 79.9. The number of amides is 1. The zero-order valence-corrected chi connectivity index (χ0v) is 13.2. The third kappa shape index (κ3) is 3.70. The van der Waals surface area contributed by atoms with E-state index in [0.29, 0.717) is 10.5 Å². The summed E-state index contributed by atoms with van der Waals surface area (Å²) in [5, 5.41) is 2.09. The second-order valence-electron chi connectivity index (χ2n) is 4.38. The summed E-state index contributed by atoms with van der Waals surface area (Å²) in [6.45, 7) is 0. The van der Waals surface area contributed by atoms with Crippen LogP contribution in [0.5, 0.6) is 0 Å². The fourth-order valence-electron chi connectivity index (χ4n) is 1.77. The zero-order chi connectivity index (χ0) is 17.1. The fourth-order valence-corrected chi connectivity index (χ4v) is 2.13. The highest BCUT2D eigenvalue weighted by Gasteiger charge is 2.19. The molecule has 2 aromatic carbocycles. The molecule has 0 aliphatic rings. The lowest BCUT2D eigenvalue weighted by Crippen LogP contribution is -2.16. The Bertz CT molecular complexity index is 796. The summed E-state index contributed by atoms with van der Waals surface area (Å²) in [5.41, 5.74) is -1.38. The number of nitrogens with one attached hydrogen (secondary N) is 1. The summed E-state index contributed by atoms with van der Waals surface area (Å²) < 4.78 is 45.7. The van der Waals surface area contributed by atoms with Gasteiger partial charge in [-0.25, -0.2) is 18.0 Å². The van der Waals surface area contributed by atoms with Gasteiger partial charge >= 0.3 is 5.97 Å². The van der Waals surface area contributed by atoms with Crippen LogP contribution in [0.25, 0.3) is 0 Å². The Hall–Kier alpha value is -2.35. The first-order valence-electron chi connectivity index (χ1n) is 6.17. The largest absolute Gasteiger partial charge is 0.465 e. The molecule has 0 radical (unpaired) electrons. The van der Waals surface area contributed by atoms with Crippen LogP contribution in [-0.2, 0) is 4.74 Å². The topological polar surface area (TPSA) is 55.4 Å². The summed E-state index contributed by atoms with van der Waals surface area (Å²) in [5.74, 6) is -5.06. The van der Waals surface area contributed by atoms with Crippen LogP contribution in [0.4, 0.5) is 18.9 Å². The van der Waals surface area contributed by atoms with Gasteiger partial charge in [-0.3, -0.25) is 4.79 Å². The Morgan fingerprint density at radius 1 is 1.00 bits per heavy atom. The maximum absolute atomic E-state index is 13.7. The average molecular weight is 388 g/mol. The number of halogens is 4. The SMILES string of the molecule is COC(=O)c1cc(NC(=O)c2cc(Br)ccc2F)c(F)cc1F. The summed E-state index contributed by atoms with van der Waals surface area (Å²) in [7, 11) is 1.03. The maximum atomic E-state index is 13.7. The van der Waals surface area contributed by atoms with E-state index in [1.54, 1.807) is 0 Å². The Balaban J connectivity index is 2.38. The van der Waals surface area contributed by atoms with Crippen LogP contribution in [0.3, 0.4) is 0 Å². The number of carbonyl (C=O) groups excluding carboxylic acids is 2. The lowest BCUT2D eigenvalue weighted by molar-refractivity contribution is 0.0595. The van der Waals surface area contributed by atoms with E-state index in [1.807, 2.05) is 0 Å². The molecule has 0 spiro atoms. The second kappa shape index (κ2) is 6.82. The molecule has 1 N–H and O–H groups in total. The van der Waals surface area contributed by atoms with Crippen LogP contribution in [0, 0.1) is 17.5 Å². The minimum atomic E-state index is -1.14. The number of carbonyl (C=O) groups is 2. The van der Waals surface area contributed by atoms with Gasteiger partial charge in [-0.2, -0.15) is 0 Å². The molecule has 0 unspecified atom stereocenters. The van der Waals surface area contributed by atoms with E-state index >= 15 is 0 Å². The highest BCUT2D eigenvalue weighted by molar-refractivity contribution is 9.10. The van der Waals surface area contributed by atoms with Crippen molar-refractivity contribution in [3.8, 4) is 0 Å². The van der Waals surface area contributed by atoms with Crippen LogP contribution in [-0.4, -0.2) is 19.0 Å². The van der Waals surface area contributed by atoms with Crippen molar-refractivity contribution < 1.29 is 27.5 Å². The van der Waals surface area contributed by atoms with Gasteiger partial charge in [-0.15, -0.1) is 0 Å². The smallest absolute Gasteiger partial charge is 0.340 e. The predicted molar refractivity (Wildman–Crippen MR) is 79.8 cm³/mol. The van der Waals surface area contributed by atoms with E-state index in [0.717, 1.165) is 19.2 Å². The van der Waals surface area contributed by atoms with Crippen molar-refractivity contribution in [2.45, 2.75) is 0 Å². The molecule has 2 aromatic rings. The molecule has 0 saturated heterocycles. The van der Waals surface area contributed by atoms with Gasteiger partial charge in [-0.05, 0) is 24.3 Å². The van der Waals surface area contributed by atoms with E-state index in [9.17, 15) is 22.8 Å². The van der Waals surface area contributed by atoms with Crippen LogP contribution < -0.4 is 5.32 Å². The molecule has 0 bridgehead atoms. The Labute approximate surface area is 137 Å². The lowest BCUT2D eigenvalue weighted by Gasteiger charge is -2.10. The average Bonchev–Trinajstić information content (AvgIpc) is 2.51. The number of hydrogen-bond acceptors (Lipinski definition) is 3. The fraction of sp³-hybridized carbons (Fsp3) is 0.0667. The van der Waals surface area contributed by atoms with Crippen molar-refractivity contribution in [2.24, 2.45) is 0 Å². The summed E-state index contributed by atoms with van der Waals surface area (Å²) >= 11 is 3.08. The quantitative estimate of drug-likeness (QED) is 0.812. The van der Waals surface area contributed by atoms with Gasteiger partial charge in [0.25, 0.3) is 5.91 Å². The first-order chi connectivity index (χ1) is 10.8. The van der Waals surface area contributed by atoms with Crippen LogP contribution in [0.1, 0.15) is 20.7 Å². The van der Waals surface area contributed by atoms with Crippen molar-refractivity contribution in [3.63, 3.8) is 0 Å². The number of hydrogen-bond donors (Lipinski definition) is 1. The van der Waals surface area contributed by atoms with Gasteiger partial charge in [0.15, 0.2) is 0 Å². The normalized spacial score (nSPS) is 10.3. The first-order valence-corrected chi connectivity index (χ1v) is 6.96. The molecule has 1 amide bonds.